The molecule has 27 heavy (non-hydrogen) atoms. The van der Waals surface area contributed by atoms with E-state index in [-0.39, 0.29) is 5.91 Å². The Bertz CT molecular complexity index is 641. The van der Waals surface area contributed by atoms with Gasteiger partial charge in [-0.25, -0.2) is 0 Å². The zero-order valence-corrected chi connectivity index (χ0v) is 17.0. The first-order chi connectivity index (χ1) is 13.3. The summed E-state index contributed by atoms with van der Waals surface area (Å²) in [5, 5.41) is 8.61. The van der Waals surface area contributed by atoms with Gasteiger partial charge in [0.05, 0.1) is 0 Å². The summed E-state index contributed by atoms with van der Waals surface area (Å²) >= 11 is 0. The lowest BCUT2D eigenvalue weighted by Crippen LogP contribution is -2.39. The average molecular weight is 373 g/mol. The summed E-state index contributed by atoms with van der Waals surface area (Å²) in [7, 11) is 0. The van der Waals surface area contributed by atoms with Crippen LogP contribution in [0.25, 0.3) is 0 Å². The molecule has 1 aromatic rings. The molecule has 5 nitrogen and oxygen atoms in total. The number of fused-ring (bicyclic) bond motifs is 1. The van der Waals surface area contributed by atoms with Gasteiger partial charge in [-0.15, -0.1) is 0 Å². The van der Waals surface area contributed by atoms with Crippen LogP contribution in [0.1, 0.15) is 86.5 Å². The van der Waals surface area contributed by atoms with Crippen LogP contribution in [0.2, 0.25) is 0 Å². The van der Waals surface area contributed by atoms with Crippen LogP contribution in [-0.4, -0.2) is 46.3 Å². The molecule has 5 heteroatoms. The topological polar surface area (TPSA) is 50.2 Å². The molecule has 0 unspecified atom stereocenters. The number of aryl methyl sites for hydroxylation is 1. The predicted molar refractivity (Wildman–Crippen MR) is 108 cm³/mol. The number of nitrogens with one attached hydrogen (secondary N) is 1. The van der Waals surface area contributed by atoms with Gasteiger partial charge in [0.25, 0.3) is 5.91 Å². The van der Waals surface area contributed by atoms with E-state index in [1.165, 1.54) is 56.2 Å². The Morgan fingerprint density at radius 2 is 1.81 bits per heavy atom. The van der Waals surface area contributed by atoms with Gasteiger partial charge in [-0.3, -0.25) is 9.48 Å². The van der Waals surface area contributed by atoms with Gasteiger partial charge in [-0.2, -0.15) is 5.10 Å². The highest BCUT2D eigenvalue weighted by Gasteiger charge is 2.31. The third kappa shape index (κ3) is 4.23. The van der Waals surface area contributed by atoms with Gasteiger partial charge in [0.1, 0.15) is 0 Å². The molecule has 0 spiro atoms. The molecule has 1 atom stereocenters. The number of nitrogens with zero attached hydrogens (tertiary/aromatic N) is 3. The quantitative estimate of drug-likeness (QED) is 0.860. The summed E-state index contributed by atoms with van der Waals surface area (Å²) < 4.78 is 2.09. The Morgan fingerprint density at radius 3 is 2.56 bits per heavy atom. The minimum atomic E-state index is 0.172. The summed E-state index contributed by atoms with van der Waals surface area (Å²) in [5.74, 6) is 1.03. The molecule has 0 radical (unpaired) electrons. The number of hydrogen-bond acceptors (Lipinski definition) is 3. The van der Waals surface area contributed by atoms with E-state index < -0.39 is 0 Å². The molecular formula is C22H36N4O. The number of likely N-dealkylation sites (tertiary alicyclic amines) is 1. The lowest BCUT2D eigenvalue weighted by atomic mass is 9.87. The zero-order valence-electron chi connectivity index (χ0n) is 17.0. The van der Waals surface area contributed by atoms with Crippen molar-refractivity contribution in [2.24, 2.45) is 5.92 Å². The molecule has 1 saturated carbocycles. The fourth-order valence-corrected chi connectivity index (χ4v) is 5.27. The van der Waals surface area contributed by atoms with E-state index in [1.807, 2.05) is 4.90 Å². The number of amides is 1. The third-order valence-electron chi connectivity index (χ3n) is 6.91. The van der Waals surface area contributed by atoms with E-state index in [0.717, 1.165) is 63.5 Å². The van der Waals surface area contributed by atoms with E-state index in [9.17, 15) is 4.79 Å². The van der Waals surface area contributed by atoms with Crippen molar-refractivity contribution in [1.82, 2.24) is 20.0 Å². The van der Waals surface area contributed by atoms with Crippen LogP contribution in [0.5, 0.6) is 0 Å². The molecule has 1 saturated heterocycles. The number of rotatable bonds is 5. The van der Waals surface area contributed by atoms with Gasteiger partial charge >= 0.3 is 0 Å². The molecule has 2 heterocycles. The van der Waals surface area contributed by atoms with Gasteiger partial charge in [-0.1, -0.05) is 19.3 Å². The van der Waals surface area contributed by atoms with Crippen LogP contribution < -0.4 is 5.32 Å². The van der Waals surface area contributed by atoms with Crippen LogP contribution >= 0.6 is 0 Å². The van der Waals surface area contributed by atoms with Crippen LogP contribution in [-0.2, 0) is 19.4 Å². The van der Waals surface area contributed by atoms with E-state index >= 15 is 0 Å². The molecule has 4 rings (SSSR count). The highest BCUT2D eigenvalue weighted by atomic mass is 16.2. The first kappa shape index (κ1) is 19.0. The minimum Gasteiger partial charge on any atom is -0.337 e. The Balaban J connectivity index is 1.45. The van der Waals surface area contributed by atoms with E-state index in [1.54, 1.807) is 0 Å². The van der Waals surface area contributed by atoms with Gasteiger partial charge in [0, 0.05) is 36.9 Å². The molecule has 1 amide bonds. The van der Waals surface area contributed by atoms with E-state index in [4.69, 9.17) is 5.10 Å². The van der Waals surface area contributed by atoms with Crippen LogP contribution in [0.15, 0.2) is 0 Å². The second-order valence-electron chi connectivity index (χ2n) is 8.79. The number of piperidine rings is 1. The Hall–Kier alpha value is -1.36. The van der Waals surface area contributed by atoms with Crippen molar-refractivity contribution < 1.29 is 4.79 Å². The Kier molecular flexibility index (Phi) is 6.16. The first-order valence-electron chi connectivity index (χ1n) is 11.4. The van der Waals surface area contributed by atoms with Crippen molar-refractivity contribution in [3.05, 3.63) is 17.0 Å². The fraction of sp³-hybridized carbons (Fsp3) is 0.818. The summed E-state index contributed by atoms with van der Waals surface area (Å²) in [6.45, 7) is 5.94. The van der Waals surface area contributed by atoms with Crippen LogP contribution in [0, 0.1) is 5.92 Å². The molecule has 3 aliphatic rings. The Morgan fingerprint density at radius 1 is 1.07 bits per heavy atom. The fourth-order valence-electron chi connectivity index (χ4n) is 5.27. The maximum atomic E-state index is 13.1. The third-order valence-corrected chi connectivity index (χ3v) is 6.91. The second kappa shape index (κ2) is 8.76. The average Bonchev–Trinajstić information content (AvgIpc) is 3.11. The van der Waals surface area contributed by atoms with Gasteiger partial charge in [-0.05, 0) is 70.8 Å². The van der Waals surface area contributed by atoms with Crippen molar-refractivity contribution in [3.63, 3.8) is 0 Å². The molecule has 1 aromatic heterocycles. The molecular weight excluding hydrogens is 336 g/mol. The number of carbonyl (C=O) groups is 1. The molecule has 1 aliphatic heterocycles. The van der Waals surface area contributed by atoms with Gasteiger partial charge in [0.2, 0.25) is 0 Å². The smallest absolute Gasteiger partial charge is 0.274 e. The van der Waals surface area contributed by atoms with Crippen molar-refractivity contribution in [1.29, 1.82) is 0 Å². The number of hydrogen-bond donors (Lipinski definition) is 1. The van der Waals surface area contributed by atoms with E-state index in [2.05, 4.69) is 16.9 Å². The lowest BCUT2D eigenvalue weighted by molar-refractivity contribution is 0.0716. The van der Waals surface area contributed by atoms with Crippen LogP contribution in [0.3, 0.4) is 0 Å². The maximum absolute atomic E-state index is 13.1. The molecule has 0 aromatic carbocycles. The maximum Gasteiger partial charge on any atom is 0.274 e. The molecule has 0 bridgehead atoms. The number of aromatic nitrogens is 2. The largest absolute Gasteiger partial charge is 0.337 e. The monoisotopic (exact) mass is 372 g/mol. The lowest BCUT2D eigenvalue weighted by Gasteiger charge is -2.29. The Labute approximate surface area is 163 Å². The summed E-state index contributed by atoms with van der Waals surface area (Å²) in [6.07, 6.45) is 13.7. The zero-order chi connectivity index (χ0) is 18.6. The minimum absolute atomic E-state index is 0.172. The molecule has 1 N–H and O–H groups in total. The summed E-state index contributed by atoms with van der Waals surface area (Å²) in [5.41, 5.74) is 3.30. The van der Waals surface area contributed by atoms with Crippen molar-refractivity contribution in [2.45, 2.75) is 90.1 Å². The SMILES string of the molecule is CCn1nc(C(=O)N2CCCCC2)c2c1CC[C@H](NCC1CCCCC1)C2. The highest BCUT2D eigenvalue weighted by molar-refractivity contribution is 5.94. The number of carbonyl (C=O) groups excluding carboxylic acids is 1. The van der Waals surface area contributed by atoms with E-state index in [0.29, 0.717) is 6.04 Å². The normalized spacial score (nSPS) is 24.0. The predicted octanol–water partition coefficient (Wildman–Crippen LogP) is 3.56. The summed E-state index contributed by atoms with van der Waals surface area (Å²) in [4.78, 5) is 15.2. The second-order valence-corrected chi connectivity index (χ2v) is 8.79. The molecule has 2 fully saturated rings. The molecule has 2 aliphatic carbocycles. The standard InChI is InChI=1S/C22H36N4O/c1-2-26-20-12-11-18(23-16-17-9-5-3-6-10-17)15-19(20)21(24-26)22(27)25-13-7-4-8-14-25/h17-18,23H,2-16H2,1H3/t18-/m0/s1. The first-order valence-corrected chi connectivity index (χ1v) is 11.4. The van der Waals surface area contributed by atoms with Gasteiger partial charge < -0.3 is 10.2 Å². The van der Waals surface area contributed by atoms with Crippen molar-refractivity contribution in [2.75, 3.05) is 19.6 Å². The van der Waals surface area contributed by atoms with Crippen LogP contribution in [0.4, 0.5) is 0 Å². The van der Waals surface area contributed by atoms with Crippen molar-refractivity contribution in [3.8, 4) is 0 Å². The highest BCUT2D eigenvalue weighted by Crippen LogP contribution is 2.28. The van der Waals surface area contributed by atoms with Crippen molar-refractivity contribution >= 4 is 5.91 Å². The summed E-state index contributed by atoms with van der Waals surface area (Å²) in [6, 6.07) is 0.502. The van der Waals surface area contributed by atoms with Gasteiger partial charge in [0.15, 0.2) is 5.69 Å². The molecule has 150 valence electrons.